The highest BCUT2D eigenvalue weighted by atomic mass is 35.5. The summed E-state index contributed by atoms with van der Waals surface area (Å²) in [5.74, 6) is 2.32. The third kappa shape index (κ3) is 7.22. The van der Waals surface area contributed by atoms with Gasteiger partial charge in [0.25, 0.3) is 0 Å². The van der Waals surface area contributed by atoms with Crippen molar-refractivity contribution in [3.05, 3.63) is 94.3 Å². The predicted octanol–water partition coefficient (Wildman–Crippen LogP) is 6.83. The fraction of sp³-hybridized carbons (Fsp3) is 0.400. The molecule has 1 aliphatic rings. The molecule has 0 heterocycles. The van der Waals surface area contributed by atoms with Gasteiger partial charge in [-0.3, -0.25) is 4.90 Å². The third-order valence-corrected chi connectivity index (χ3v) is 7.48. The van der Waals surface area contributed by atoms with E-state index in [2.05, 4.69) is 11.0 Å². The van der Waals surface area contributed by atoms with E-state index in [0.717, 1.165) is 49.9 Å². The van der Waals surface area contributed by atoms with Crippen LogP contribution in [0, 0.1) is 17.7 Å². The van der Waals surface area contributed by atoms with E-state index < -0.39 is 0 Å². The highest BCUT2D eigenvalue weighted by molar-refractivity contribution is 6.31. The molecule has 0 bridgehead atoms. The van der Waals surface area contributed by atoms with Crippen LogP contribution in [0.1, 0.15) is 42.4 Å². The van der Waals surface area contributed by atoms with Gasteiger partial charge >= 0.3 is 0 Å². The van der Waals surface area contributed by atoms with Gasteiger partial charge in [0.1, 0.15) is 12.4 Å². The first kappa shape index (κ1) is 26.5. The van der Waals surface area contributed by atoms with Gasteiger partial charge in [0, 0.05) is 30.2 Å². The molecule has 0 aliphatic heterocycles. The van der Waals surface area contributed by atoms with Crippen molar-refractivity contribution in [2.24, 2.45) is 17.6 Å². The van der Waals surface area contributed by atoms with Crippen molar-refractivity contribution in [2.75, 3.05) is 20.2 Å². The molecule has 1 aliphatic carbocycles. The minimum absolute atomic E-state index is 0.262. The van der Waals surface area contributed by atoms with Crippen molar-refractivity contribution in [1.29, 1.82) is 0 Å². The minimum Gasteiger partial charge on any atom is -0.493 e. The number of benzene rings is 3. The number of ether oxygens (including phenoxy) is 2. The molecule has 0 radical (unpaired) electrons. The summed E-state index contributed by atoms with van der Waals surface area (Å²) in [4.78, 5) is 2.30. The van der Waals surface area contributed by atoms with Crippen molar-refractivity contribution in [3.63, 3.8) is 0 Å². The Hall–Kier alpha value is -2.60. The Bertz CT molecular complexity index is 1080. The second-order valence-electron chi connectivity index (χ2n) is 9.75. The van der Waals surface area contributed by atoms with E-state index in [4.69, 9.17) is 26.8 Å². The van der Waals surface area contributed by atoms with E-state index in [-0.39, 0.29) is 5.82 Å². The quantitative estimate of drug-likeness (QED) is 0.307. The van der Waals surface area contributed by atoms with E-state index in [1.807, 2.05) is 42.5 Å². The third-order valence-electron chi connectivity index (χ3n) is 7.13. The maximum atomic E-state index is 14.7. The van der Waals surface area contributed by atoms with Crippen LogP contribution in [0.2, 0.25) is 5.02 Å². The summed E-state index contributed by atoms with van der Waals surface area (Å²) in [6.07, 6.45) is 4.63. The number of rotatable bonds is 11. The van der Waals surface area contributed by atoms with Crippen LogP contribution in [0.5, 0.6) is 11.5 Å². The molecule has 0 amide bonds. The van der Waals surface area contributed by atoms with Crippen molar-refractivity contribution in [3.8, 4) is 11.5 Å². The van der Waals surface area contributed by atoms with Gasteiger partial charge in [-0.1, -0.05) is 54.1 Å². The Morgan fingerprint density at radius 2 is 1.64 bits per heavy atom. The fourth-order valence-corrected chi connectivity index (χ4v) is 5.25. The van der Waals surface area contributed by atoms with Crippen LogP contribution in [0.15, 0.2) is 66.7 Å². The predicted molar refractivity (Wildman–Crippen MR) is 144 cm³/mol. The van der Waals surface area contributed by atoms with Gasteiger partial charge in [0.05, 0.1) is 7.11 Å². The number of hydrogen-bond acceptors (Lipinski definition) is 4. The van der Waals surface area contributed by atoms with Crippen molar-refractivity contribution >= 4 is 11.6 Å². The molecule has 2 N–H and O–H groups in total. The van der Waals surface area contributed by atoms with E-state index in [0.29, 0.717) is 53.6 Å². The molecule has 0 saturated heterocycles. The lowest BCUT2D eigenvalue weighted by molar-refractivity contribution is 0.168. The molecule has 0 atom stereocenters. The van der Waals surface area contributed by atoms with Crippen LogP contribution >= 0.6 is 11.6 Å². The molecule has 4 nitrogen and oxygen atoms in total. The Morgan fingerprint density at radius 1 is 0.889 bits per heavy atom. The average Bonchev–Trinajstić information content (AvgIpc) is 2.91. The molecule has 3 aromatic rings. The molecular formula is C30H36ClFN2O2. The first-order chi connectivity index (χ1) is 17.6. The van der Waals surface area contributed by atoms with Gasteiger partial charge in [0.2, 0.25) is 0 Å². The smallest absolute Gasteiger partial charge is 0.161 e. The van der Waals surface area contributed by atoms with Gasteiger partial charge < -0.3 is 15.2 Å². The summed E-state index contributed by atoms with van der Waals surface area (Å²) < 4.78 is 26.3. The van der Waals surface area contributed by atoms with Crippen LogP contribution in [0.3, 0.4) is 0 Å². The van der Waals surface area contributed by atoms with Crippen LogP contribution in [-0.4, -0.2) is 25.1 Å². The number of hydrogen-bond donors (Lipinski definition) is 1. The molecule has 0 aromatic heterocycles. The second-order valence-corrected chi connectivity index (χ2v) is 10.2. The van der Waals surface area contributed by atoms with Crippen molar-refractivity contribution in [1.82, 2.24) is 4.90 Å². The Morgan fingerprint density at radius 3 is 2.33 bits per heavy atom. The van der Waals surface area contributed by atoms with Crippen LogP contribution in [0.4, 0.5) is 4.39 Å². The lowest BCUT2D eigenvalue weighted by Crippen LogP contribution is -2.32. The number of halogens is 2. The largest absolute Gasteiger partial charge is 0.493 e. The molecule has 0 unspecified atom stereocenters. The SMILES string of the molecule is COc1cc(CN(Cc2c(F)cccc2Cl)CC2CCC(CN)CC2)ccc1OCc1ccccc1. The Kier molecular flexibility index (Phi) is 9.62. The minimum atomic E-state index is -0.262. The number of methoxy groups -OCH3 is 1. The first-order valence-corrected chi connectivity index (χ1v) is 13.1. The topological polar surface area (TPSA) is 47.7 Å². The molecule has 4 rings (SSSR count). The monoisotopic (exact) mass is 510 g/mol. The second kappa shape index (κ2) is 13.1. The summed E-state index contributed by atoms with van der Waals surface area (Å²) in [6.45, 7) is 3.24. The summed E-state index contributed by atoms with van der Waals surface area (Å²) in [5, 5.41) is 0.467. The molecular weight excluding hydrogens is 475 g/mol. The van der Waals surface area contributed by atoms with Gasteiger partial charge in [0.15, 0.2) is 11.5 Å². The van der Waals surface area contributed by atoms with Crippen LogP contribution in [0.25, 0.3) is 0 Å². The molecule has 36 heavy (non-hydrogen) atoms. The number of nitrogens with zero attached hydrogens (tertiary/aromatic N) is 1. The zero-order chi connectivity index (χ0) is 25.3. The molecule has 0 spiro atoms. The zero-order valence-electron chi connectivity index (χ0n) is 21.0. The van der Waals surface area contributed by atoms with Crippen molar-refractivity contribution < 1.29 is 13.9 Å². The highest BCUT2D eigenvalue weighted by Crippen LogP contribution is 2.32. The Labute approximate surface area is 219 Å². The summed E-state index contributed by atoms with van der Waals surface area (Å²) >= 11 is 6.39. The average molecular weight is 511 g/mol. The summed E-state index contributed by atoms with van der Waals surface area (Å²) in [7, 11) is 1.65. The fourth-order valence-electron chi connectivity index (χ4n) is 5.03. The molecule has 192 valence electrons. The van der Waals surface area contributed by atoms with Gasteiger partial charge in [-0.05, 0) is 79.5 Å². The lowest BCUT2D eigenvalue weighted by atomic mass is 9.82. The summed E-state index contributed by atoms with van der Waals surface area (Å²) in [5.41, 5.74) is 8.62. The first-order valence-electron chi connectivity index (χ1n) is 12.7. The Balaban J connectivity index is 1.49. The van der Waals surface area contributed by atoms with Gasteiger partial charge in [-0.2, -0.15) is 0 Å². The van der Waals surface area contributed by atoms with E-state index in [1.54, 1.807) is 19.2 Å². The lowest BCUT2D eigenvalue weighted by Gasteiger charge is -2.33. The zero-order valence-corrected chi connectivity index (χ0v) is 21.7. The molecule has 6 heteroatoms. The van der Waals surface area contributed by atoms with E-state index >= 15 is 0 Å². The van der Waals surface area contributed by atoms with Crippen LogP contribution < -0.4 is 15.2 Å². The normalized spacial score (nSPS) is 17.8. The van der Waals surface area contributed by atoms with Crippen LogP contribution in [-0.2, 0) is 19.7 Å². The molecule has 3 aromatic carbocycles. The standard InChI is InChI=1S/C30H36ClFN2O2/c1-35-30-16-25(14-15-29(30)36-21-24-6-3-2-4-7-24)19-34(18-23-12-10-22(17-33)11-13-23)20-26-27(31)8-5-9-28(26)32/h2-9,14-16,22-23H,10-13,17-21,33H2,1H3. The maximum absolute atomic E-state index is 14.7. The highest BCUT2D eigenvalue weighted by Gasteiger charge is 2.24. The molecule has 1 fully saturated rings. The molecule has 1 saturated carbocycles. The number of nitrogens with two attached hydrogens (primary N) is 1. The maximum Gasteiger partial charge on any atom is 0.161 e. The van der Waals surface area contributed by atoms with Gasteiger partial charge in [-0.15, -0.1) is 0 Å². The van der Waals surface area contributed by atoms with Crippen molar-refractivity contribution in [2.45, 2.75) is 45.4 Å². The summed E-state index contributed by atoms with van der Waals surface area (Å²) in [6, 6.07) is 21.0. The van der Waals surface area contributed by atoms with Gasteiger partial charge in [-0.25, -0.2) is 4.39 Å². The van der Waals surface area contributed by atoms with E-state index in [9.17, 15) is 4.39 Å². The van der Waals surface area contributed by atoms with E-state index in [1.165, 1.54) is 6.07 Å².